The van der Waals surface area contributed by atoms with E-state index in [2.05, 4.69) is 32.8 Å². The summed E-state index contributed by atoms with van der Waals surface area (Å²) in [7, 11) is -4.19. The summed E-state index contributed by atoms with van der Waals surface area (Å²) in [5.41, 5.74) is 1.61. The highest BCUT2D eigenvalue weighted by molar-refractivity contribution is 9.10. The standard InChI is InChI=1S/C23H23BrN2O5S/c1-3-5-13-31-26(32(28,29)19-9-7-6-8-10-19)22(23(27)30-4-2)14-17-16-25-21-12-11-18(24)15-20(17)21/h6-12,15-16,22,25H,4,13-14H2,1-2H3. The molecule has 0 aliphatic carbocycles. The molecule has 168 valence electrons. The molecular formula is C23H23BrN2O5S. The quantitative estimate of drug-likeness (QED) is 0.262. The third-order valence-electron chi connectivity index (χ3n) is 4.67. The van der Waals surface area contributed by atoms with Crippen LogP contribution in [0.5, 0.6) is 0 Å². The van der Waals surface area contributed by atoms with Gasteiger partial charge in [0.1, 0.15) is 6.61 Å². The zero-order valence-electron chi connectivity index (χ0n) is 17.7. The Kier molecular flexibility index (Phi) is 8.10. The minimum atomic E-state index is -4.19. The number of carbonyl (C=O) groups is 1. The number of sulfonamides is 1. The molecule has 0 saturated heterocycles. The molecule has 3 rings (SSSR count). The van der Waals surface area contributed by atoms with Gasteiger partial charge in [-0.05, 0) is 49.7 Å². The predicted molar refractivity (Wildman–Crippen MR) is 125 cm³/mol. The largest absolute Gasteiger partial charge is 0.465 e. The number of halogens is 1. The van der Waals surface area contributed by atoms with E-state index in [0.29, 0.717) is 0 Å². The van der Waals surface area contributed by atoms with Crippen molar-refractivity contribution in [1.29, 1.82) is 0 Å². The number of aromatic nitrogens is 1. The lowest BCUT2D eigenvalue weighted by Crippen LogP contribution is -2.47. The van der Waals surface area contributed by atoms with Crippen molar-refractivity contribution in [3.63, 3.8) is 0 Å². The molecule has 1 N–H and O–H groups in total. The molecule has 7 nitrogen and oxygen atoms in total. The average molecular weight is 519 g/mol. The van der Waals surface area contributed by atoms with Crippen molar-refractivity contribution in [3.8, 4) is 11.8 Å². The zero-order valence-corrected chi connectivity index (χ0v) is 20.1. The zero-order chi connectivity index (χ0) is 23.1. The van der Waals surface area contributed by atoms with Gasteiger partial charge >= 0.3 is 5.97 Å². The van der Waals surface area contributed by atoms with Crippen molar-refractivity contribution < 1.29 is 22.8 Å². The molecule has 1 atom stereocenters. The first-order valence-electron chi connectivity index (χ1n) is 9.92. The van der Waals surface area contributed by atoms with Crippen LogP contribution in [0.4, 0.5) is 0 Å². The lowest BCUT2D eigenvalue weighted by atomic mass is 10.1. The summed E-state index contributed by atoms with van der Waals surface area (Å²) in [6.07, 6.45) is 1.80. The molecule has 3 aromatic rings. The van der Waals surface area contributed by atoms with Crippen LogP contribution in [-0.4, -0.2) is 43.1 Å². The average Bonchev–Trinajstić information content (AvgIpc) is 3.18. The van der Waals surface area contributed by atoms with Gasteiger partial charge in [0.05, 0.1) is 11.5 Å². The van der Waals surface area contributed by atoms with Crippen molar-refractivity contribution in [2.45, 2.75) is 31.2 Å². The fourth-order valence-corrected chi connectivity index (χ4v) is 4.96. The molecule has 32 heavy (non-hydrogen) atoms. The first kappa shape index (κ1) is 24.0. The van der Waals surface area contributed by atoms with E-state index in [1.165, 1.54) is 12.1 Å². The van der Waals surface area contributed by atoms with Gasteiger partial charge in [-0.25, -0.2) is 8.42 Å². The number of rotatable bonds is 9. The number of hydrogen-bond acceptors (Lipinski definition) is 5. The maximum absolute atomic E-state index is 13.5. The van der Waals surface area contributed by atoms with E-state index in [4.69, 9.17) is 9.57 Å². The Labute approximate surface area is 195 Å². The van der Waals surface area contributed by atoms with Gasteiger partial charge in [0, 0.05) is 28.0 Å². The third-order valence-corrected chi connectivity index (χ3v) is 6.87. The van der Waals surface area contributed by atoms with Crippen molar-refractivity contribution in [1.82, 2.24) is 9.45 Å². The second kappa shape index (κ2) is 10.8. The van der Waals surface area contributed by atoms with Gasteiger partial charge < -0.3 is 9.72 Å². The number of hydroxylamine groups is 1. The molecular weight excluding hydrogens is 496 g/mol. The Morgan fingerprint density at radius 2 is 1.97 bits per heavy atom. The molecule has 1 heterocycles. The van der Waals surface area contributed by atoms with Gasteiger partial charge in [0.15, 0.2) is 6.04 Å². The molecule has 0 amide bonds. The second-order valence-electron chi connectivity index (χ2n) is 6.75. The van der Waals surface area contributed by atoms with E-state index in [9.17, 15) is 13.2 Å². The summed E-state index contributed by atoms with van der Waals surface area (Å²) in [5.74, 6) is 4.63. The molecule has 0 bridgehead atoms. The van der Waals surface area contributed by atoms with Crippen LogP contribution < -0.4 is 0 Å². The lowest BCUT2D eigenvalue weighted by molar-refractivity contribution is -0.164. The van der Waals surface area contributed by atoms with E-state index in [1.807, 2.05) is 18.2 Å². The van der Waals surface area contributed by atoms with Gasteiger partial charge in [-0.15, -0.1) is 5.92 Å². The van der Waals surface area contributed by atoms with Gasteiger partial charge in [0.2, 0.25) is 0 Å². The Morgan fingerprint density at radius 1 is 1.22 bits per heavy atom. The SMILES string of the molecule is CC#CCON(C(Cc1c[nH]c2ccc(Br)cc12)C(=O)OCC)S(=O)(=O)c1ccccc1. The maximum atomic E-state index is 13.5. The van der Waals surface area contributed by atoms with E-state index < -0.39 is 22.0 Å². The summed E-state index contributed by atoms with van der Waals surface area (Å²) >= 11 is 3.45. The number of nitrogens with one attached hydrogen (secondary N) is 1. The van der Waals surface area contributed by atoms with Crippen molar-refractivity contribution in [3.05, 3.63) is 64.8 Å². The van der Waals surface area contributed by atoms with E-state index in [-0.39, 0.29) is 24.5 Å². The summed E-state index contributed by atoms with van der Waals surface area (Å²) in [6.45, 7) is 3.18. The highest BCUT2D eigenvalue weighted by atomic mass is 79.9. The fourth-order valence-electron chi connectivity index (χ4n) is 3.20. The first-order chi connectivity index (χ1) is 15.4. The third kappa shape index (κ3) is 5.40. The summed E-state index contributed by atoms with van der Waals surface area (Å²) in [6, 6.07) is 12.3. The Balaban J connectivity index is 2.07. The van der Waals surface area contributed by atoms with Gasteiger partial charge in [-0.2, -0.15) is 0 Å². The fraction of sp³-hybridized carbons (Fsp3) is 0.261. The molecule has 0 aliphatic heterocycles. The number of nitrogens with zero attached hydrogens (tertiary/aromatic N) is 1. The van der Waals surface area contributed by atoms with Crippen LogP contribution in [0.2, 0.25) is 0 Å². The Hall–Kier alpha value is -2.64. The number of benzene rings is 2. The second-order valence-corrected chi connectivity index (χ2v) is 9.45. The molecule has 1 aromatic heterocycles. The summed E-state index contributed by atoms with van der Waals surface area (Å²) in [5, 5.41) is 0.860. The number of ether oxygens (including phenoxy) is 1. The Morgan fingerprint density at radius 3 is 2.66 bits per heavy atom. The van der Waals surface area contributed by atoms with Crippen LogP contribution in [0, 0.1) is 11.8 Å². The molecule has 2 aromatic carbocycles. The Bertz CT molecular complexity index is 1250. The lowest BCUT2D eigenvalue weighted by Gasteiger charge is -2.27. The molecule has 0 aliphatic rings. The molecule has 0 spiro atoms. The number of carbonyl (C=O) groups excluding carboxylic acids is 1. The van der Waals surface area contributed by atoms with Crippen molar-refractivity contribution >= 4 is 42.8 Å². The van der Waals surface area contributed by atoms with Crippen LogP contribution in [0.1, 0.15) is 19.4 Å². The van der Waals surface area contributed by atoms with Crippen LogP contribution in [-0.2, 0) is 30.8 Å². The van der Waals surface area contributed by atoms with Gasteiger partial charge in [-0.3, -0.25) is 9.63 Å². The van der Waals surface area contributed by atoms with Crippen molar-refractivity contribution in [2.75, 3.05) is 13.2 Å². The molecule has 0 fully saturated rings. The van der Waals surface area contributed by atoms with Crippen LogP contribution >= 0.6 is 15.9 Å². The number of H-pyrrole nitrogens is 1. The maximum Gasteiger partial charge on any atom is 0.327 e. The number of esters is 1. The van der Waals surface area contributed by atoms with Crippen LogP contribution in [0.15, 0.2) is 64.1 Å². The molecule has 1 unspecified atom stereocenters. The monoisotopic (exact) mass is 518 g/mol. The minimum Gasteiger partial charge on any atom is -0.465 e. The smallest absolute Gasteiger partial charge is 0.327 e. The number of aromatic amines is 1. The molecule has 0 radical (unpaired) electrons. The van der Waals surface area contributed by atoms with E-state index in [0.717, 1.165) is 25.4 Å². The first-order valence-corrected chi connectivity index (χ1v) is 12.2. The van der Waals surface area contributed by atoms with Gasteiger partial charge in [0.25, 0.3) is 10.0 Å². The topological polar surface area (TPSA) is 88.7 Å². The summed E-state index contributed by atoms with van der Waals surface area (Å²) < 4.78 is 33.7. The predicted octanol–water partition coefficient (Wildman–Crippen LogP) is 4.05. The molecule has 0 saturated carbocycles. The molecule has 9 heteroatoms. The van der Waals surface area contributed by atoms with E-state index in [1.54, 1.807) is 38.2 Å². The number of fused-ring (bicyclic) bond motifs is 1. The highest BCUT2D eigenvalue weighted by Crippen LogP contribution is 2.27. The van der Waals surface area contributed by atoms with Gasteiger partial charge in [-0.1, -0.05) is 44.5 Å². The van der Waals surface area contributed by atoms with Crippen LogP contribution in [0.25, 0.3) is 10.9 Å². The van der Waals surface area contributed by atoms with Crippen molar-refractivity contribution in [2.24, 2.45) is 0 Å². The normalized spacial score (nSPS) is 12.4. The highest BCUT2D eigenvalue weighted by Gasteiger charge is 2.39. The van der Waals surface area contributed by atoms with E-state index >= 15 is 0 Å². The minimum absolute atomic E-state index is 0.000396. The number of hydrogen-bond donors (Lipinski definition) is 1. The summed E-state index contributed by atoms with van der Waals surface area (Å²) in [4.78, 5) is 21.7. The van der Waals surface area contributed by atoms with Crippen LogP contribution in [0.3, 0.4) is 0 Å².